The van der Waals surface area contributed by atoms with Crippen molar-refractivity contribution < 1.29 is 0 Å². The number of fused-ring (bicyclic) bond motifs is 4. The molecule has 0 aliphatic heterocycles. The Morgan fingerprint density at radius 3 is 1.26 bits per heavy atom. The van der Waals surface area contributed by atoms with E-state index in [1.807, 2.05) is 0 Å². The summed E-state index contributed by atoms with van der Waals surface area (Å²) in [7, 11) is 0. The van der Waals surface area contributed by atoms with Crippen LogP contribution in [0, 0.1) is 13.8 Å². The standard InChI is InChI=1S/C34H22/c1-17-7-5-9-23-19(3)25-13-12-22-16-28-30-18(2)8-6-10-24(30)20(4)26-14-11-21-15-27(29(17)23)33(25)31(22)32(21)34(26)28/h5-16H,3-4H2,1-2H3. The van der Waals surface area contributed by atoms with Crippen molar-refractivity contribution in [3.8, 4) is 0 Å². The summed E-state index contributed by atoms with van der Waals surface area (Å²) in [6, 6.07) is 27.2. The first-order chi connectivity index (χ1) is 16.5. The van der Waals surface area contributed by atoms with Gasteiger partial charge in [0.2, 0.25) is 0 Å². The maximum Gasteiger partial charge on any atom is -0.00136 e. The molecule has 34 heavy (non-hydrogen) atoms. The third-order valence-electron chi connectivity index (χ3n) is 8.25. The summed E-state index contributed by atoms with van der Waals surface area (Å²) in [6.07, 6.45) is 0. The highest BCUT2D eigenvalue weighted by molar-refractivity contribution is 6.41. The number of aryl methyl sites for hydroxylation is 2. The molecule has 0 saturated heterocycles. The van der Waals surface area contributed by atoms with Gasteiger partial charge in [0.25, 0.3) is 0 Å². The lowest BCUT2D eigenvalue weighted by molar-refractivity contribution is 1.54. The summed E-state index contributed by atoms with van der Waals surface area (Å²) in [5.41, 5.74) is 2.61. The average molecular weight is 431 g/mol. The van der Waals surface area contributed by atoms with Gasteiger partial charge in [0, 0.05) is 0 Å². The number of benzene rings is 8. The molecule has 0 heteroatoms. The van der Waals surface area contributed by atoms with Crippen LogP contribution in [0.25, 0.3) is 88.6 Å². The van der Waals surface area contributed by atoms with Gasteiger partial charge in [-0.2, -0.15) is 0 Å². The summed E-state index contributed by atoms with van der Waals surface area (Å²) in [6.45, 7) is 13.5. The lowest BCUT2D eigenvalue weighted by Gasteiger charge is -2.21. The van der Waals surface area contributed by atoms with Crippen LogP contribution in [0.3, 0.4) is 0 Å². The number of rotatable bonds is 0. The van der Waals surface area contributed by atoms with Crippen LogP contribution in [0.1, 0.15) is 11.1 Å². The molecule has 0 nitrogen and oxygen atoms in total. The van der Waals surface area contributed by atoms with Gasteiger partial charge in [-0.3, -0.25) is 0 Å². The number of hydrogen-bond acceptors (Lipinski definition) is 0. The van der Waals surface area contributed by atoms with Crippen molar-refractivity contribution in [2.45, 2.75) is 13.8 Å². The zero-order valence-corrected chi connectivity index (χ0v) is 19.3. The first-order valence-corrected chi connectivity index (χ1v) is 11.9. The molecular formula is C34H22. The second-order valence-electron chi connectivity index (χ2n) is 9.97. The molecule has 0 spiro atoms. The van der Waals surface area contributed by atoms with E-state index in [9.17, 15) is 0 Å². The van der Waals surface area contributed by atoms with E-state index in [4.69, 9.17) is 0 Å². The quantitative estimate of drug-likeness (QED) is 0.168. The minimum absolute atomic E-state index is 1.13. The van der Waals surface area contributed by atoms with Crippen LogP contribution < -0.4 is 10.4 Å². The predicted octanol–water partition coefficient (Wildman–Crippen LogP) is 8.07. The molecule has 0 fully saturated rings. The van der Waals surface area contributed by atoms with Gasteiger partial charge in [-0.1, -0.05) is 73.8 Å². The lowest BCUT2D eigenvalue weighted by atomic mass is 9.82. The Morgan fingerprint density at radius 2 is 0.824 bits per heavy atom. The van der Waals surface area contributed by atoms with Crippen LogP contribution in [-0.4, -0.2) is 0 Å². The van der Waals surface area contributed by atoms with Crippen molar-refractivity contribution in [3.05, 3.63) is 94.4 Å². The van der Waals surface area contributed by atoms with Crippen molar-refractivity contribution in [1.82, 2.24) is 0 Å². The Bertz CT molecular complexity index is 2100. The predicted molar refractivity (Wildman–Crippen MR) is 151 cm³/mol. The van der Waals surface area contributed by atoms with Crippen molar-refractivity contribution in [2.75, 3.05) is 0 Å². The van der Waals surface area contributed by atoms with Crippen LogP contribution in [0.5, 0.6) is 0 Å². The van der Waals surface area contributed by atoms with Gasteiger partial charge in [0.05, 0.1) is 0 Å². The van der Waals surface area contributed by atoms with E-state index in [1.54, 1.807) is 0 Å². The molecule has 0 heterocycles. The molecule has 0 bridgehead atoms. The van der Waals surface area contributed by atoms with E-state index in [0.29, 0.717) is 0 Å². The molecule has 0 unspecified atom stereocenters. The van der Waals surface area contributed by atoms with E-state index in [2.05, 4.69) is 99.8 Å². The van der Waals surface area contributed by atoms with Crippen LogP contribution in [-0.2, 0) is 0 Å². The van der Waals surface area contributed by atoms with E-state index >= 15 is 0 Å². The SMILES string of the molecule is C=c1c2cccc(C)c2c2cc3ccc4c(=C)c5cccc(C)c5c5cc6ccc1c2c6c3c45. The molecule has 158 valence electrons. The lowest BCUT2D eigenvalue weighted by Crippen LogP contribution is -2.06. The van der Waals surface area contributed by atoms with Crippen molar-refractivity contribution in [3.63, 3.8) is 0 Å². The first-order valence-electron chi connectivity index (χ1n) is 11.9. The van der Waals surface area contributed by atoms with Gasteiger partial charge in [-0.15, -0.1) is 0 Å². The normalized spacial score (nSPS) is 12.6. The van der Waals surface area contributed by atoms with Crippen molar-refractivity contribution in [1.29, 1.82) is 0 Å². The largest absolute Gasteiger partial charge is 0.0905 e. The maximum atomic E-state index is 4.55. The third-order valence-corrected chi connectivity index (χ3v) is 8.25. The van der Waals surface area contributed by atoms with E-state index < -0.39 is 0 Å². The molecule has 0 amide bonds. The molecule has 0 atom stereocenters. The molecule has 0 N–H and O–H groups in total. The molecule has 0 radical (unpaired) electrons. The smallest absolute Gasteiger partial charge is 0.00136 e. The number of hydrogen-bond donors (Lipinski definition) is 0. The van der Waals surface area contributed by atoms with Crippen molar-refractivity contribution in [2.24, 2.45) is 0 Å². The fourth-order valence-corrected chi connectivity index (χ4v) is 6.77. The summed E-state index contributed by atoms with van der Waals surface area (Å²) in [5, 5.41) is 20.6. The first kappa shape index (κ1) is 18.3. The fraction of sp³-hybridized carbons (Fsp3) is 0.0588. The summed E-state index contributed by atoms with van der Waals surface area (Å²) in [5.74, 6) is 0. The molecule has 8 aromatic rings. The second kappa shape index (κ2) is 5.85. The summed E-state index contributed by atoms with van der Waals surface area (Å²) >= 11 is 0. The van der Waals surface area contributed by atoms with E-state index in [1.165, 1.54) is 86.5 Å². The highest BCUT2D eigenvalue weighted by atomic mass is 14.2. The highest BCUT2D eigenvalue weighted by Crippen LogP contribution is 2.45. The fourth-order valence-electron chi connectivity index (χ4n) is 6.77. The third kappa shape index (κ3) is 1.93. The Labute approximate surface area is 196 Å². The van der Waals surface area contributed by atoms with Crippen LogP contribution in [0.15, 0.2) is 72.8 Å². The highest BCUT2D eigenvalue weighted by Gasteiger charge is 2.20. The van der Waals surface area contributed by atoms with E-state index in [0.717, 1.165) is 10.4 Å². The van der Waals surface area contributed by atoms with Crippen LogP contribution in [0.2, 0.25) is 0 Å². The Hall–Kier alpha value is -4.16. The van der Waals surface area contributed by atoms with Gasteiger partial charge in [-0.05, 0) is 123 Å². The topological polar surface area (TPSA) is 0 Å². The Balaban J connectivity index is 1.81. The van der Waals surface area contributed by atoms with Gasteiger partial charge >= 0.3 is 0 Å². The molecule has 8 aromatic carbocycles. The molecule has 0 aliphatic rings. The monoisotopic (exact) mass is 430 g/mol. The molecule has 0 saturated carbocycles. The molecule has 0 aliphatic carbocycles. The van der Waals surface area contributed by atoms with Crippen LogP contribution >= 0.6 is 0 Å². The zero-order valence-electron chi connectivity index (χ0n) is 19.3. The summed E-state index contributed by atoms with van der Waals surface area (Å²) in [4.78, 5) is 0. The van der Waals surface area contributed by atoms with Gasteiger partial charge in [0.1, 0.15) is 0 Å². The molecular weight excluding hydrogens is 408 g/mol. The minimum Gasteiger partial charge on any atom is -0.0905 e. The summed E-state index contributed by atoms with van der Waals surface area (Å²) < 4.78 is 0. The minimum atomic E-state index is 1.13. The van der Waals surface area contributed by atoms with E-state index in [-0.39, 0.29) is 0 Å². The van der Waals surface area contributed by atoms with Gasteiger partial charge in [-0.25, -0.2) is 0 Å². The second-order valence-corrected chi connectivity index (χ2v) is 9.97. The van der Waals surface area contributed by atoms with Gasteiger partial charge < -0.3 is 0 Å². The van der Waals surface area contributed by atoms with Gasteiger partial charge in [0.15, 0.2) is 0 Å². The van der Waals surface area contributed by atoms with Crippen molar-refractivity contribution >= 4 is 88.6 Å². The van der Waals surface area contributed by atoms with Crippen LogP contribution in [0.4, 0.5) is 0 Å². The molecule has 0 aromatic heterocycles. The Kier molecular flexibility index (Phi) is 3.14. The zero-order chi connectivity index (χ0) is 22.9. The Morgan fingerprint density at radius 1 is 0.412 bits per heavy atom. The average Bonchev–Trinajstić information content (AvgIpc) is 2.85. The maximum absolute atomic E-state index is 4.55. The molecule has 8 rings (SSSR count).